The van der Waals surface area contributed by atoms with E-state index in [1.165, 1.54) is 38.1 Å². The molecule has 0 aliphatic carbocycles. The van der Waals surface area contributed by atoms with E-state index in [4.69, 9.17) is 9.47 Å². The summed E-state index contributed by atoms with van der Waals surface area (Å²) in [7, 11) is 2.95. The topological polar surface area (TPSA) is 87.7 Å². The molecule has 0 saturated carbocycles. The fourth-order valence-corrected chi connectivity index (χ4v) is 2.18. The van der Waals surface area contributed by atoms with E-state index in [1.807, 2.05) is 6.26 Å². The molecule has 0 spiro atoms. The number of hydrogen-bond donors (Lipinski definition) is 1. The average Bonchev–Trinajstić information content (AvgIpc) is 2.49. The Balaban J connectivity index is 2.84. The molecule has 21 heavy (non-hydrogen) atoms. The molecule has 1 atom stereocenters. The average molecular weight is 312 g/mol. The first-order valence-corrected chi connectivity index (χ1v) is 7.65. The van der Waals surface area contributed by atoms with Gasteiger partial charge in [0.25, 0.3) is 5.91 Å². The maximum Gasteiger partial charge on any atom is 0.251 e. The molecule has 7 heteroatoms. The highest BCUT2D eigenvalue weighted by molar-refractivity contribution is 7.98. The maximum atomic E-state index is 12.1. The first kappa shape index (κ1) is 17.2. The van der Waals surface area contributed by atoms with Gasteiger partial charge in [0.2, 0.25) is 0 Å². The molecular weight excluding hydrogens is 294 g/mol. The van der Waals surface area contributed by atoms with Gasteiger partial charge >= 0.3 is 0 Å². The number of ether oxygens (including phenoxy) is 2. The molecular formula is C14H18NO5S-. The van der Waals surface area contributed by atoms with Crippen molar-refractivity contribution in [1.29, 1.82) is 0 Å². The molecule has 0 aliphatic rings. The Morgan fingerprint density at radius 1 is 1.29 bits per heavy atom. The minimum Gasteiger partial charge on any atom is -0.548 e. The van der Waals surface area contributed by atoms with Crippen LogP contribution in [0.5, 0.6) is 11.5 Å². The second-order valence-electron chi connectivity index (χ2n) is 4.20. The lowest BCUT2D eigenvalue weighted by atomic mass is 10.1. The summed E-state index contributed by atoms with van der Waals surface area (Å²) in [4.78, 5) is 23.1. The largest absolute Gasteiger partial charge is 0.548 e. The second-order valence-corrected chi connectivity index (χ2v) is 5.18. The number of amides is 1. The Hall–Kier alpha value is -1.89. The minimum absolute atomic E-state index is 0.294. The van der Waals surface area contributed by atoms with E-state index in [9.17, 15) is 14.7 Å². The van der Waals surface area contributed by atoms with Crippen molar-refractivity contribution < 1.29 is 24.2 Å². The number of nitrogens with one attached hydrogen (secondary N) is 1. The van der Waals surface area contributed by atoms with Gasteiger partial charge in [-0.3, -0.25) is 4.79 Å². The van der Waals surface area contributed by atoms with E-state index >= 15 is 0 Å². The number of rotatable bonds is 8. The third kappa shape index (κ3) is 4.86. The monoisotopic (exact) mass is 312 g/mol. The SMILES string of the molecule is COc1ccc(C(=O)N[C@H](CCSC)C(=O)[O-])cc1OC. The summed E-state index contributed by atoms with van der Waals surface area (Å²) in [6, 6.07) is 3.61. The van der Waals surface area contributed by atoms with Crippen LogP contribution in [0.25, 0.3) is 0 Å². The Bertz CT molecular complexity index is 506. The number of methoxy groups -OCH3 is 2. The van der Waals surface area contributed by atoms with Crippen LogP contribution in [0, 0.1) is 0 Å². The highest BCUT2D eigenvalue weighted by Crippen LogP contribution is 2.27. The fraction of sp³-hybridized carbons (Fsp3) is 0.429. The molecule has 0 radical (unpaired) electrons. The lowest BCUT2D eigenvalue weighted by Gasteiger charge is -2.19. The van der Waals surface area contributed by atoms with Gasteiger partial charge in [-0.2, -0.15) is 11.8 Å². The van der Waals surface area contributed by atoms with Gasteiger partial charge in [0, 0.05) is 5.56 Å². The first-order chi connectivity index (χ1) is 10.0. The fourth-order valence-electron chi connectivity index (χ4n) is 1.70. The Morgan fingerprint density at radius 2 is 1.95 bits per heavy atom. The summed E-state index contributed by atoms with van der Waals surface area (Å²) in [5.41, 5.74) is 0.294. The molecule has 6 nitrogen and oxygen atoms in total. The molecule has 1 aromatic rings. The van der Waals surface area contributed by atoms with Gasteiger partial charge in [-0.05, 0) is 36.6 Å². The molecule has 1 rings (SSSR count). The molecule has 0 fully saturated rings. The molecule has 0 unspecified atom stereocenters. The van der Waals surface area contributed by atoms with E-state index in [-0.39, 0.29) is 0 Å². The number of carboxylic acid groups (broad SMARTS) is 1. The van der Waals surface area contributed by atoms with Gasteiger partial charge in [-0.15, -0.1) is 0 Å². The van der Waals surface area contributed by atoms with E-state index in [0.29, 0.717) is 29.2 Å². The van der Waals surface area contributed by atoms with Crippen molar-refractivity contribution in [3.8, 4) is 11.5 Å². The van der Waals surface area contributed by atoms with Crippen LogP contribution in [0.4, 0.5) is 0 Å². The van der Waals surface area contributed by atoms with Crippen LogP contribution in [0.3, 0.4) is 0 Å². The van der Waals surface area contributed by atoms with Crippen LogP contribution in [0.1, 0.15) is 16.8 Å². The van der Waals surface area contributed by atoms with Crippen molar-refractivity contribution in [1.82, 2.24) is 5.32 Å². The molecule has 1 aromatic carbocycles. The summed E-state index contributed by atoms with van der Waals surface area (Å²) in [6.45, 7) is 0. The summed E-state index contributed by atoms with van der Waals surface area (Å²) in [5.74, 6) is -0.276. The molecule has 0 aromatic heterocycles. The number of benzene rings is 1. The lowest BCUT2D eigenvalue weighted by molar-refractivity contribution is -0.308. The van der Waals surface area contributed by atoms with Gasteiger partial charge in [0.15, 0.2) is 11.5 Å². The zero-order valence-corrected chi connectivity index (χ0v) is 13.0. The first-order valence-electron chi connectivity index (χ1n) is 6.26. The molecule has 0 saturated heterocycles. The van der Waals surface area contributed by atoms with Crippen LogP contribution in [-0.2, 0) is 4.79 Å². The van der Waals surface area contributed by atoms with Crippen molar-refractivity contribution >= 4 is 23.6 Å². The van der Waals surface area contributed by atoms with Crippen molar-refractivity contribution in [2.24, 2.45) is 0 Å². The van der Waals surface area contributed by atoms with Crippen molar-refractivity contribution in [3.05, 3.63) is 23.8 Å². The molecule has 0 bridgehead atoms. The summed E-state index contributed by atoms with van der Waals surface area (Å²) < 4.78 is 10.2. The predicted octanol–water partition coefficient (Wildman–Crippen LogP) is 0.305. The predicted molar refractivity (Wildman–Crippen MR) is 78.8 cm³/mol. The third-order valence-electron chi connectivity index (χ3n) is 2.85. The van der Waals surface area contributed by atoms with E-state index in [0.717, 1.165) is 0 Å². The molecule has 1 N–H and O–H groups in total. The lowest BCUT2D eigenvalue weighted by Crippen LogP contribution is -2.48. The summed E-state index contributed by atoms with van der Waals surface area (Å²) >= 11 is 1.50. The van der Waals surface area contributed by atoms with Crippen LogP contribution in [0.15, 0.2) is 18.2 Å². The van der Waals surface area contributed by atoms with Crippen molar-refractivity contribution in [2.75, 3.05) is 26.2 Å². The van der Waals surface area contributed by atoms with Crippen LogP contribution in [0.2, 0.25) is 0 Å². The number of carbonyl (C=O) groups is 2. The van der Waals surface area contributed by atoms with Crippen molar-refractivity contribution in [3.63, 3.8) is 0 Å². The van der Waals surface area contributed by atoms with Crippen LogP contribution in [-0.4, -0.2) is 44.1 Å². The number of carbonyl (C=O) groups excluding carboxylic acids is 2. The van der Waals surface area contributed by atoms with Gasteiger partial charge in [0.1, 0.15) is 0 Å². The van der Waals surface area contributed by atoms with Gasteiger partial charge in [0.05, 0.1) is 26.2 Å². The maximum absolute atomic E-state index is 12.1. The number of hydrogen-bond acceptors (Lipinski definition) is 6. The van der Waals surface area contributed by atoms with Gasteiger partial charge in [-0.1, -0.05) is 0 Å². The normalized spacial score (nSPS) is 11.6. The quantitative estimate of drug-likeness (QED) is 0.743. The highest BCUT2D eigenvalue weighted by atomic mass is 32.2. The minimum atomic E-state index is -1.29. The molecule has 1 amide bonds. The second kappa shape index (κ2) is 8.41. The van der Waals surface area contributed by atoms with Crippen LogP contribution >= 0.6 is 11.8 Å². The van der Waals surface area contributed by atoms with Crippen molar-refractivity contribution in [2.45, 2.75) is 12.5 Å². The molecule has 0 aliphatic heterocycles. The van der Waals surface area contributed by atoms with Gasteiger partial charge < -0.3 is 24.7 Å². The highest BCUT2D eigenvalue weighted by Gasteiger charge is 2.16. The Morgan fingerprint density at radius 3 is 2.48 bits per heavy atom. The molecule has 0 heterocycles. The van der Waals surface area contributed by atoms with E-state index in [2.05, 4.69) is 5.32 Å². The van der Waals surface area contributed by atoms with E-state index < -0.39 is 17.9 Å². The Kier molecular flexibility index (Phi) is 6.87. The molecule has 116 valence electrons. The van der Waals surface area contributed by atoms with E-state index in [1.54, 1.807) is 6.07 Å². The smallest absolute Gasteiger partial charge is 0.251 e. The number of aliphatic carboxylic acids is 1. The third-order valence-corrected chi connectivity index (χ3v) is 3.49. The zero-order valence-electron chi connectivity index (χ0n) is 12.2. The van der Waals surface area contributed by atoms with Gasteiger partial charge in [-0.25, -0.2) is 0 Å². The summed E-state index contributed by atoms with van der Waals surface area (Å²) in [6.07, 6.45) is 2.17. The summed E-state index contributed by atoms with van der Waals surface area (Å²) in [5, 5.41) is 13.5. The zero-order chi connectivity index (χ0) is 15.8. The standard InChI is InChI=1S/C14H19NO5S/c1-19-11-5-4-9(8-12(11)20-2)13(16)15-10(14(17)18)6-7-21-3/h4-5,8,10H,6-7H2,1-3H3,(H,15,16)(H,17,18)/p-1/t10-/m1/s1. The number of thioether (sulfide) groups is 1. The number of carboxylic acids is 1. The Labute approximate surface area is 127 Å². The van der Waals surface area contributed by atoms with Crippen LogP contribution < -0.4 is 19.9 Å².